The van der Waals surface area contributed by atoms with Crippen molar-refractivity contribution in [3.05, 3.63) is 29.8 Å². The van der Waals surface area contributed by atoms with Gasteiger partial charge in [0.2, 0.25) is 0 Å². The Morgan fingerprint density at radius 2 is 2.00 bits per heavy atom. The van der Waals surface area contributed by atoms with Crippen molar-refractivity contribution < 1.29 is 9.47 Å². The van der Waals surface area contributed by atoms with Crippen LogP contribution in [-0.4, -0.2) is 31.3 Å². The van der Waals surface area contributed by atoms with E-state index in [1.165, 1.54) is 25.7 Å². The predicted octanol–water partition coefficient (Wildman–Crippen LogP) is 3.39. The molecule has 1 aliphatic carbocycles. The minimum atomic E-state index is 0.0411. The number of nitrogens with two attached hydrogens (primary N) is 1. The number of benzene rings is 1. The van der Waals surface area contributed by atoms with Gasteiger partial charge in [0.15, 0.2) is 0 Å². The van der Waals surface area contributed by atoms with Gasteiger partial charge in [-0.05, 0) is 18.9 Å². The Balaban J connectivity index is 1.88. The van der Waals surface area contributed by atoms with Gasteiger partial charge in [0.1, 0.15) is 12.4 Å². The molecule has 1 saturated carbocycles. The van der Waals surface area contributed by atoms with Gasteiger partial charge in [-0.25, -0.2) is 0 Å². The number of para-hydroxylation sites is 1. The molecule has 1 aromatic rings. The fourth-order valence-corrected chi connectivity index (χ4v) is 3.86. The number of thioether (sulfide) groups is 1. The van der Waals surface area contributed by atoms with Crippen LogP contribution in [0.4, 0.5) is 0 Å². The molecule has 1 unspecified atom stereocenters. The SMILES string of the molecule is COCCOc1ccccc1C(N)CSC1CCCC1. The number of methoxy groups -OCH3 is 1. The van der Waals surface area contributed by atoms with Crippen molar-refractivity contribution in [1.82, 2.24) is 0 Å². The average molecular weight is 295 g/mol. The highest BCUT2D eigenvalue weighted by Gasteiger charge is 2.18. The normalized spacial score (nSPS) is 17.3. The fraction of sp³-hybridized carbons (Fsp3) is 0.625. The van der Waals surface area contributed by atoms with E-state index >= 15 is 0 Å². The van der Waals surface area contributed by atoms with Crippen LogP contribution in [-0.2, 0) is 4.74 Å². The predicted molar refractivity (Wildman–Crippen MR) is 85.5 cm³/mol. The van der Waals surface area contributed by atoms with E-state index < -0.39 is 0 Å². The van der Waals surface area contributed by atoms with Crippen molar-refractivity contribution in [3.63, 3.8) is 0 Å². The minimum absolute atomic E-state index is 0.0411. The quantitative estimate of drug-likeness (QED) is 0.747. The molecule has 0 heterocycles. The second kappa shape index (κ2) is 8.55. The van der Waals surface area contributed by atoms with Crippen molar-refractivity contribution in [3.8, 4) is 5.75 Å². The van der Waals surface area contributed by atoms with E-state index in [1.54, 1.807) is 7.11 Å². The van der Waals surface area contributed by atoms with Gasteiger partial charge >= 0.3 is 0 Å². The third-order valence-corrected chi connectivity index (χ3v) is 5.17. The number of hydrogen-bond donors (Lipinski definition) is 1. The summed E-state index contributed by atoms with van der Waals surface area (Å²) >= 11 is 2.02. The third kappa shape index (κ3) is 4.69. The summed E-state index contributed by atoms with van der Waals surface area (Å²) in [4.78, 5) is 0. The summed E-state index contributed by atoms with van der Waals surface area (Å²) in [6.07, 6.45) is 5.46. The Labute approximate surface area is 126 Å². The maximum absolute atomic E-state index is 6.35. The Hall–Kier alpha value is -0.710. The number of ether oxygens (including phenoxy) is 2. The van der Waals surface area contributed by atoms with Crippen molar-refractivity contribution in [2.24, 2.45) is 5.73 Å². The topological polar surface area (TPSA) is 44.5 Å². The van der Waals surface area contributed by atoms with Gasteiger partial charge in [0.05, 0.1) is 6.61 Å². The first kappa shape index (κ1) is 15.7. The Morgan fingerprint density at radius 1 is 1.25 bits per heavy atom. The Morgan fingerprint density at radius 3 is 2.75 bits per heavy atom. The number of hydrogen-bond acceptors (Lipinski definition) is 4. The largest absolute Gasteiger partial charge is 0.491 e. The fourth-order valence-electron chi connectivity index (χ4n) is 2.54. The molecule has 3 nitrogen and oxygen atoms in total. The van der Waals surface area contributed by atoms with Crippen LogP contribution in [0, 0.1) is 0 Å². The van der Waals surface area contributed by atoms with Crippen molar-refractivity contribution in [2.45, 2.75) is 37.0 Å². The molecule has 20 heavy (non-hydrogen) atoms. The second-order valence-corrected chi connectivity index (χ2v) is 6.56. The molecular weight excluding hydrogens is 270 g/mol. The summed E-state index contributed by atoms with van der Waals surface area (Å²) in [6.45, 7) is 1.16. The first-order valence-electron chi connectivity index (χ1n) is 7.39. The molecule has 1 aromatic carbocycles. The van der Waals surface area contributed by atoms with Crippen LogP contribution in [0.1, 0.15) is 37.3 Å². The van der Waals surface area contributed by atoms with Gasteiger partial charge in [0, 0.05) is 29.7 Å². The highest BCUT2D eigenvalue weighted by molar-refractivity contribution is 7.99. The molecule has 0 aliphatic heterocycles. The molecule has 0 bridgehead atoms. The summed E-state index contributed by atoms with van der Waals surface area (Å²) < 4.78 is 10.8. The lowest BCUT2D eigenvalue weighted by Crippen LogP contribution is -2.17. The molecule has 1 fully saturated rings. The summed E-state index contributed by atoms with van der Waals surface area (Å²) in [7, 11) is 1.68. The van der Waals surface area contributed by atoms with E-state index in [2.05, 4.69) is 6.07 Å². The zero-order valence-corrected chi connectivity index (χ0v) is 13.0. The van der Waals surface area contributed by atoms with Gasteiger partial charge in [-0.3, -0.25) is 0 Å². The Bertz CT molecular complexity index is 394. The zero-order chi connectivity index (χ0) is 14.2. The molecule has 4 heteroatoms. The summed E-state index contributed by atoms with van der Waals surface area (Å²) in [5.41, 5.74) is 7.45. The van der Waals surface area contributed by atoms with Gasteiger partial charge in [-0.15, -0.1) is 0 Å². The summed E-state index contributed by atoms with van der Waals surface area (Å²) in [6, 6.07) is 8.12. The first-order chi connectivity index (χ1) is 9.81. The van der Waals surface area contributed by atoms with Crippen LogP contribution in [0.3, 0.4) is 0 Å². The summed E-state index contributed by atoms with van der Waals surface area (Å²) in [5.74, 6) is 1.86. The van der Waals surface area contributed by atoms with Crippen LogP contribution >= 0.6 is 11.8 Å². The number of rotatable bonds is 8. The van der Waals surface area contributed by atoms with Crippen molar-refractivity contribution >= 4 is 11.8 Å². The monoisotopic (exact) mass is 295 g/mol. The molecule has 1 aliphatic rings. The molecular formula is C16H25NO2S. The zero-order valence-electron chi connectivity index (χ0n) is 12.2. The average Bonchev–Trinajstić information content (AvgIpc) is 2.99. The van der Waals surface area contributed by atoms with Gasteiger partial charge in [-0.1, -0.05) is 31.0 Å². The van der Waals surface area contributed by atoms with Crippen LogP contribution in [0.2, 0.25) is 0 Å². The molecule has 0 aromatic heterocycles. The first-order valence-corrected chi connectivity index (χ1v) is 8.44. The van der Waals surface area contributed by atoms with E-state index in [9.17, 15) is 0 Å². The lowest BCUT2D eigenvalue weighted by atomic mass is 10.1. The molecule has 0 spiro atoms. The van der Waals surface area contributed by atoms with Crippen LogP contribution in [0.5, 0.6) is 5.75 Å². The van der Waals surface area contributed by atoms with Crippen LogP contribution in [0.15, 0.2) is 24.3 Å². The van der Waals surface area contributed by atoms with E-state index in [-0.39, 0.29) is 6.04 Å². The standard InChI is InChI=1S/C16H25NO2S/c1-18-10-11-19-16-9-5-4-8-14(16)15(17)12-20-13-6-2-3-7-13/h4-5,8-9,13,15H,2-3,6-7,10-12,17H2,1H3. The highest BCUT2D eigenvalue weighted by Crippen LogP contribution is 2.33. The molecule has 112 valence electrons. The third-order valence-electron chi connectivity index (χ3n) is 3.68. The lowest BCUT2D eigenvalue weighted by Gasteiger charge is -2.18. The maximum atomic E-state index is 6.35. The van der Waals surface area contributed by atoms with Gasteiger partial charge in [-0.2, -0.15) is 11.8 Å². The van der Waals surface area contributed by atoms with Crippen molar-refractivity contribution in [2.75, 3.05) is 26.1 Å². The van der Waals surface area contributed by atoms with Gasteiger partial charge in [0.25, 0.3) is 0 Å². The maximum Gasteiger partial charge on any atom is 0.124 e. The molecule has 0 saturated heterocycles. The summed E-state index contributed by atoms with van der Waals surface area (Å²) in [5, 5.41) is 0.808. The van der Waals surface area contributed by atoms with Crippen LogP contribution in [0.25, 0.3) is 0 Å². The molecule has 2 N–H and O–H groups in total. The molecule has 2 rings (SSSR count). The highest BCUT2D eigenvalue weighted by atomic mass is 32.2. The molecule has 0 amide bonds. The lowest BCUT2D eigenvalue weighted by molar-refractivity contribution is 0.145. The smallest absolute Gasteiger partial charge is 0.124 e. The van der Waals surface area contributed by atoms with E-state index in [1.807, 2.05) is 30.0 Å². The molecule has 0 radical (unpaired) electrons. The van der Waals surface area contributed by atoms with E-state index in [0.29, 0.717) is 13.2 Å². The van der Waals surface area contributed by atoms with Gasteiger partial charge < -0.3 is 15.2 Å². The van der Waals surface area contributed by atoms with E-state index in [0.717, 1.165) is 22.3 Å². The minimum Gasteiger partial charge on any atom is -0.491 e. The molecule has 1 atom stereocenters. The second-order valence-electron chi connectivity index (χ2n) is 5.23. The van der Waals surface area contributed by atoms with Crippen molar-refractivity contribution in [1.29, 1.82) is 0 Å². The van der Waals surface area contributed by atoms with Crippen LogP contribution < -0.4 is 10.5 Å². The Kier molecular flexibility index (Phi) is 6.70. The van der Waals surface area contributed by atoms with E-state index in [4.69, 9.17) is 15.2 Å².